The average molecular weight is 271 g/mol. The SMILES string of the molecule is NC1(C(=O)Nc2ccc(Cl)c(F)c2)CCCCC1. The Morgan fingerprint density at radius 3 is 2.61 bits per heavy atom. The molecule has 5 heteroatoms. The van der Waals surface area contributed by atoms with Gasteiger partial charge in [-0.15, -0.1) is 0 Å². The van der Waals surface area contributed by atoms with E-state index in [2.05, 4.69) is 5.32 Å². The molecule has 1 fully saturated rings. The van der Waals surface area contributed by atoms with Crippen LogP contribution in [0.5, 0.6) is 0 Å². The third-order valence-corrected chi connectivity index (χ3v) is 3.68. The van der Waals surface area contributed by atoms with Gasteiger partial charge in [0, 0.05) is 5.69 Å². The van der Waals surface area contributed by atoms with Gasteiger partial charge in [0.15, 0.2) is 0 Å². The summed E-state index contributed by atoms with van der Waals surface area (Å²) in [6.45, 7) is 0. The Bertz CT molecular complexity index is 458. The Labute approximate surface area is 111 Å². The van der Waals surface area contributed by atoms with Gasteiger partial charge in [0.2, 0.25) is 5.91 Å². The molecule has 1 aromatic rings. The summed E-state index contributed by atoms with van der Waals surface area (Å²) in [7, 11) is 0. The Balaban J connectivity index is 2.08. The van der Waals surface area contributed by atoms with E-state index in [1.807, 2.05) is 0 Å². The van der Waals surface area contributed by atoms with Crippen molar-refractivity contribution in [2.45, 2.75) is 37.6 Å². The number of benzene rings is 1. The fourth-order valence-electron chi connectivity index (χ4n) is 2.24. The highest BCUT2D eigenvalue weighted by atomic mass is 35.5. The van der Waals surface area contributed by atoms with Crippen molar-refractivity contribution in [2.75, 3.05) is 5.32 Å². The summed E-state index contributed by atoms with van der Waals surface area (Å²) >= 11 is 5.58. The lowest BCUT2D eigenvalue weighted by Crippen LogP contribution is -2.52. The van der Waals surface area contributed by atoms with E-state index in [9.17, 15) is 9.18 Å². The van der Waals surface area contributed by atoms with E-state index < -0.39 is 11.4 Å². The standard InChI is InChI=1S/C13H16ClFN2O/c14-10-5-4-9(8-11(10)15)17-12(18)13(16)6-2-1-3-7-13/h4-5,8H,1-3,6-7,16H2,(H,17,18). The van der Waals surface area contributed by atoms with Gasteiger partial charge >= 0.3 is 0 Å². The van der Waals surface area contributed by atoms with E-state index >= 15 is 0 Å². The summed E-state index contributed by atoms with van der Waals surface area (Å²) in [5.74, 6) is -0.798. The lowest BCUT2D eigenvalue weighted by Gasteiger charge is -2.31. The molecule has 1 aliphatic rings. The van der Waals surface area contributed by atoms with Crippen molar-refractivity contribution >= 4 is 23.2 Å². The van der Waals surface area contributed by atoms with Crippen LogP contribution in [0.15, 0.2) is 18.2 Å². The van der Waals surface area contributed by atoms with Crippen LogP contribution >= 0.6 is 11.6 Å². The second-order valence-electron chi connectivity index (χ2n) is 4.80. The molecule has 1 saturated carbocycles. The maximum atomic E-state index is 13.3. The number of rotatable bonds is 2. The molecule has 0 saturated heterocycles. The van der Waals surface area contributed by atoms with E-state index in [1.54, 1.807) is 6.07 Å². The van der Waals surface area contributed by atoms with Crippen LogP contribution in [-0.4, -0.2) is 11.4 Å². The van der Waals surface area contributed by atoms with Crippen LogP contribution in [0.4, 0.5) is 10.1 Å². The lowest BCUT2D eigenvalue weighted by atomic mass is 9.82. The van der Waals surface area contributed by atoms with Crippen molar-refractivity contribution in [1.82, 2.24) is 0 Å². The van der Waals surface area contributed by atoms with Crippen molar-refractivity contribution in [3.8, 4) is 0 Å². The molecule has 1 aliphatic carbocycles. The largest absolute Gasteiger partial charge is 0.324 e. The second kappa shape index (κ2) is 5.24. The first kappa shape index (κ1) is 13.3. The van der Waals surface area contributed by atoms with Gasteiger partial charge in [-0.1, -0.05) is 30.9 Å². The van der Waals surface area contributed by atoms with Crippen LogP contribution in [-0.2, 0) is 4.79 Å². The average Bonchev–Trinajstić information content (AvgIpc) is 2.35. The topological polar surface area (TPSA) is 55.1 Å². The molecule has 2 rings (SSSR count). The molecule has 1 aromatic carbocycles. The highest BCUT2D eigenvalue weighted by Gasteiger charge is 2.35. The van der Waals surface area contributed by atoms with Crippen LogP contribution in [0, 0.1) is 5.82 Å². The normalized spacial score (nSPS) is 18.4. The maximum absolute atomic E-state index is 13.3. The molecule has 0 atom stereocenters. The Morgan fingerprint density at radius 1 is 1.33 bits per heavy atom. The van der Waals surface area contributed by atoms with E-state index in [-0.39, 0.29) is 10.9 Å². The van der Waals surface area contributed by atoms with Gasteiger partial charge in [0.25, 0.3) is 0 Å². The summed E-state index contributed by atoms with van der Waals surface area (Å²) in [6.07, 6.45) is 4.38. The van der Waals surface area contributed by atoms with Gasteiger partial charge in [-0.25, -0.2) is 4.39 Å². The van der Waals surface area contributed by atoms with E-state index in [0.717, 1.165) is 19.3 Å². The monoisotopic (exact) mass is 270 g/mol. The van der Waals surface area contributed by atoms with Crippen molar-refractivity contribution in [1.29, 1.82) is 0 Å². The number of carbonyl (C=O) groups is 1. The zero-order valence-corrected chi connectivity index (χ0v) is 10.8. The predicted octanol–water partition coefficient (Wildman–Crippen LogP) is 3.08. The summed E-state index contributed by atoms with van der Waals surface area (Å²) < 4.78 is 13.3. The van der Waals surface area contributed by atoms with Crippen molar-refractivity contribution < 1.29 is 9.18 Å². The highest BCUT2D eigenvalue weighted by Crippen LogP contribution is 2.27. The zero-order valence-electron chi connectivity index (χ0n) is 10.0. The molecule has 0 aliphatic heterocycles. The highest BCUT2D eigenvalue weighted by molar-refractivity contribution is 6.30. The molecule has 18 heavy (non-hydrogen) atoms. The summed E-state index contributed by atoms with van der Waals surface area (Å²) in [4.78, 5) is 12.1. The minimum atomic E-state index is -0.825. The number of halogens is 2. The Morgan fingerprint density at radius 2 is 2.00 bits per heavy atom. The number of anilines is 1. The van der Waals surface area contributed by atoms with Crippen molar-refractivity contribution in [2.24, 2.45) is 5.73 Å². The lowest BCUT2D eigenvalue weighted by molar-refractivity contribution is -0.122. The Kier molecular flexibility index (Phi) is 3.88. The van der Waals surface area contributed by atoms with Gasteiger partial charge in [-0.3, -0.25) is 4.79 Å². The molecular weight excluding hydrogens is 255 g/mol. The number of amides is 1. The molecule has 0 bridgehead atoms. The first-order valence-electron chi connectivity index (χ1n) is 6.07. The van der Waals surface area contributed by atoms with Crippen LogP contribution < -0.4 is 11.1 Å². The van der Waals surface area contributed by atoms with Gasteiger partial charge in [-0.2, -0.15) is 0 Å². The first-order valence-corrected chi connectivity index (χ1v) is 6.44. The molecule has 98 valence electrons. The molecule has 3 N–H and O–H groups in total. The summed E-state index contributed by atoms with van der Waals surface area (Å²) in [5, 5.41) is 2.69. The molecular formula is C13H16ClFN2O. The number of hydrogen-bond donors (Lipinski definition) is 2. The van der Waals surface area contributed by atoms with Crippen molar-refractivity contribution in [3.05, 3.63) is 29.0 Å². The van der Waals surface area contributed by atoms with Gasteiger partial charge in [0.05, 0.1) is 10.6 Å². The van der Waals surface area contributed by atoms with E-state index in [4.69, 9.17) is 17.3 Å². The number of nitrogens with one attached hydrogen (secondary N) is 1. The van der Waals surface area contributed by atoms with Gasteiger partial charge < -0.3 is 11.1 Å². The van der Waals surface area contributed by atoms with Crippen LogP contribution in [0.2, 0.25) is 5.02 Å². The fourth-order valence-corrected chi connectivity index (χ4v) is 2.36. The Hall–Kier alpha value is -1.13. The van der Waals surface area contributed by atoms with Crippen LogP contribution in [0.25, 0.3) is 0 Å². The first-order chi connectivity index (χ1) is 8.51. The maximum Gasteiger partial charge on any atom is 0.244 e. The van der Waals surface area contributed by atoms with Gasteiger partial charge in [0.1, 0.15) is 5.82 Å². The van der Waals surface area contributed by atoms with Crippen LogP contribution in [0.1, 0.15) is 32.1 Å². The predicted molar refractivity (Wildman–Crippen MR) is 70.0 cm³/mol. The van der Waals surface area contributed by atoms with Crippen LogP contribution in [0.3, 0.4) is 0 Å². The molecule has 3 nitrogen and oxygen atoms in total. The zero-order chi connectivity index (χ0) is 13.2. The summed E-state index contributed by atoms with van der Waals surface area (Å²) in [6, 6.07) is 4.18. The molecule has 0 radical (unpaired) electrons. The third kappa shape index (κ3) is 2.82. The molecule has 1 amide bonds. The van der Waals surface area contributed by atoms with Crippen molar-refractivity contribution in [3.63, 3.8) is 0 Å². The van der Waals surface area contributed by atoms with E-state index in [1.165, 1.54) is 12.1 Å². The molecule has 0 unspecified atom stereocenters. The van der Waals surface area contributed by atoms with E-state index in [0.29, 0.717) is 18.5 Å². The smallest absolute Gasteiger partial charge is 0.244 e. The fraction of sp³-hybridized carbons (Fsp3) is 0.462. The number of hydrogen-bond acceptors (Lipinski definition) is 2. The molecule has 0 heterocycles. The minimum Gasteiger partial charge on any atom is -0.324 e. The number of nitrogens with two attached hydrogens (primary N) is 1. The number of carbonyl (C=O) groups excluding carboxylic acids is 1. The van der Waals surface area contributed by atoms with Gasteiger partial charge in [-0.05, 0) is 31.0 Å². The molecule has 0 spiro atoms. The quantitative estimate of drug-likeness (QED) is 0.868. The molecule has 0 aromatic heterocycles. The summed E-state index contributed by atoms with van der Waals surface area (Å²) in [5.41, 5.74) is 5.65. The third-order valence-electron chi connectivity index (χ3n) is 3.38. The second-order valence-corrected chi connectivity index (χ2v) is 5.21. The minimum absolute atomic E-state index is 0.0353.